The molecule has 20 heavy (non-hydrogen) atoms. The second-order valence-corrected chi connectivity index (χ2v) is 4.08. The molecule has 2 N–H and O–H groups in total. The monoisotopic (exact) mass is 274 g/mol. The molecule has 0 unspecified atom stereocenters. The summed E-state index contributed by atoms with van der Waals surface area (Å²) in [7, 11) is 0. The summed E-state index contributed by atoms with van der Waals surface area (Å²) >= 11 is 0. The lowest BCUT2D eigenvalue weighted by Gasteiger charge is -2.06. The number of carbonyl (C=O) groups excluding carboxylic acids is 1. The second-order valence-electron chi connectivity index (χ2n) is 4.08. The minimum atomic E-state index is -1.17. The summed E-state index contributed by atoms with van der Waals surface area (Å²) in [5.74, 6) is -1.65. The number of aryl methyl sites for hydroxylation is 1. The number of hydrogen-bond donors (Lipinski definition) is 2. The molecule has 1 amide bonds. The Morgan fingerprint density at radius 2 is 2.15 bits per heavy atom. The number of rotatable bonds is 6. The topological polar surface area (TPSA) is 97.1 Å². The van der Waals surface area contributed by atoms with E-state index in [-0.39, 0.29) is 11.3 Å². The number of aromatic nitrogens is 3. The van der Waals surface area contributed by atoms with E-state index >= 15 is 0 Å². The van der Waals surface area contributed by atoms with Crippen LogP contribution in [0.5, 0.6) is 0 Å². The van der Waals surface area contributed by atoms with Crippen molar-refractivity contribution in [1.29, 1.82) is 0 Å². The first kappa shape index (κ1) is 13.7. The van der Waals surface area contributed by atoms with Crippen LogP contribution < -0.4 is 5.32 Å². The fraction of sp³-hybridized carbons (Fsp3) is 0.231. The number of aromatic carboxylic acids is 1. The van der Waals surface area contributed by atoms with Crippen LogP contribution in [0.25, 0.3) is 0 Å². The molecule has 104 valence electrons. The maximum Gasteiger partial charge on any atom is 0.338 e. The van der Waals surface area contributed by atoms with Crippen molar-refractivity contribution >= 4 is 11.9 Å². The van der Waals surface area contributed by atoms with E-state index in [0.717, 1.165) is 0 Å². The molecule has 2 aromatic heterocycles. The Balaban J connectivity index is 1.87. The van der Waals surface area contributed by atoms with Crippen LogP contribution in [0.4, 0.5) is 0 Å². The highest BCUT2D eigenvalue weighted by Crippen LogP contribution is 2.05. The van der Waals surface area contributed by atoms with E-state index < -0.39 is 11.9 Å². The normalized spacial score (nSPS) is 10.2. The smallest absolute Gasteiger partial charge is 0.338 e. The van der Waals surface area contributed by atoms with Gasteiger partial charge in [-0.15, -0.1) is 0 Å². The number of nitrogens with zero attached hydrogens (tertiary/aromatic N) is 3. The second kappa shape index (κ2) is 6.46. The van der Waals surface area contributed by atoms with Gasteiger partial charge in [0.05, 0.1) is 5.56 Å². The van der Waals surface area contributed by atoms with Gasteiger partial charge >= 0.3 is 5.97 Å². The molecule has 7 nitrogen and oxygen atoms in total. The van der Waals surface area contributed by atoms with Crippen LogP contribution in [0.2, 0.25) is 0 Å². The molecule has 0 aliphatic carbocycles. The summed E-state index contributed by atoms with van der Waals surface area (Å²) in [5, 5.41) is 15.7. The van der Waals surface area contributed by atoms with E-state index in [1.54, 1.807) is 10.9 Å². The Morgan fingerprint density at radius 3 is 2.85 bits per heavy atom. The van der Waals surface area contributed by atoms with E-state index in [2.05, 4.69) is 15.4 Å². The molecule has 0 saturated carbocycles. The Labute approximate surface area is 115 Å². The molecule has 2 aromatic rings. The summed E-state index contributed by atoms with van der Waals surface area (Å²) in [5.41, 5.74) is -0.170. The predicted octanol–water partition coefficient (Wildman–Crippen LogP) is 0.796. The summed E-state index contributed by atoms with van der Waals surface area (Å²) in [4.78, 5) is 26.7. The summed E-state index contributed by atoms with van der Waals surface area (Å²) in [6.07, 6.45) is 5.61. The highest BCUT2D eigenvalue weighted by Gasteiger charge is 2.16. The van der Waals surface area contributed by atoms with E-state index in [1.165, 1.54) is 18.3 Å². The van der Waals surface area contributed by atoms with Crippen LogP contribution in [0.15, 0.2) is 36.8 Å². The molecule has 0 aliphatic rings. The number of carboxylic acids is 1. The van der Waals surface area contributed by atoms with Crippen molar-refractivity contribution in [2.24, 2.45) is 0 Å². The van der Waals surface area contributed by atoms with Gasteiger partial charge in [-0.2, -0.15) is 5.10 Å². The van der Waals surface area contributed by atoms with E-state index in [0.29, 0.717) is 19.5 Å². The fourth-order valence-electron chi connectivity index (χ4n) is 1.72. The summed E-state index contributed by atoms with van der Waals surface area (Å²) in [6, 6.07) is 4.66. The van der Waals surface area contributed by atoms with Gasteiger partial charge in [0.2, 0.25) is 0 Å². The molecule has 0 aromatic carbocycles. The van der Waals surface area contributed by atoms with Crippen molar-refractivity contribution < 1.29 is 14.7 Å². The molecule has 0 radical (unpaired) electrons. The van der Waals surface area contributed by atoms with Gasteiger partial charge in [-0.1, -0.05) is 0 Å². The summed E-state index contributed by atoms with van der Waals surface area (Å²) < 4.78 is 1.76. The van der Waals surface area contributed by atoms with Gasteiger partial charge in [0.15, 0.2) is 0 Å². The van der Waals surface area contributed by atoms with Crippen molar-refractivity contribution in [2.75, 3.05) is 6.54 Å². The van der Waals surface area contributed by atoms with E-state index in [1.807, 2.05) is 12.3 Å². The molecule has 0 atom stereocenters. The molecule has 7 heteroatoms. The standard InChI is InChI=1S/C13H14N4O3/c18-12(11-10(13(19)20)4-1-5-14-11)15-6-2-8-17-9-3-7-16-17/h1,3-5,7,9H,2,6,8H2,(H,15,18)(H,19,20). The lowest BCUT2D eigenvalue weighted by molar-refractivity contribution is 0.0690. The number of amides is 1. The predicted molar refractivity (Wildman–Crippen MR) is 70.4 cm³/mol. The van der Waals surface area contributed by atoms with Gasteiger partial charge in [-0.3, -0.25) is 14.5 Å². The van der Waals surface area contributed by atoms with Gasteiger partial charge in [0.1, 0.15) is 5.69 Å². The van der Waals surface area contributed by atoms with Gasteiger partial charge in [0, 0.05) is 31.7 Å². The average Bonchev–Trinajstić information content (AvgIpc) is 2.96. The highest BCUT2D eigenvalue weighted by molar-refractivity contribution is 6.03. The van der Waals surface area contributed by atoms with Crippen LogP contribution in [0, 0.1) is 0 Å². The third-order valence-electron chi connectivity index (χ3n) is 2.66. The molecule has 0 aliphatic heterocycles. The van der Waals surface area contributed by atoms with Crippen LogP contribution in [0.3, 0.4) is 0 Å². The zero-order valence-electron chi connectivity index (χ0n) is 10.7. The first-order valence-electron chi connectivity index (χ1n) is 6.12. The number of hydrogen-bond acceptors (Lipinski definition) is 4. The first-order valence-corrected chi connectivity index (χ1v) is 6.12. The largest absolute Gasteiger partial charge is 0.478 e. The zero-order valence-corrected chi connectivity index (χ0v) is 10.7. The van der Waals surface area contributed by atoms with Crippen molar-refractivity contribution in [3.63, 3.8) is 0 Å². The number of pyridine rings is 1. The van der Waals surface area contributed by atoms with Crippen LogP contribution in [0.1, 0.15) is 27.3 Å². The summed E-state index contributed by atoms with van der Waals surface area (Å²) in [6.45, 7) is 1.11. The number of nitrogens with one attached hydrogen (secondary N) is 1. The Hall–Kier alpha value is -2.70. The minimum Gasteiger partial charge on any atom is -0.478 e. The maximum absolute atomic E-state index is 11.9. The molecular weight excluding hydrogens is 260 g/mol. The molecule has 0 spiro atoms. The Morgan fingerprint density at radius 1 is 1.30 bits per heavy atom. The van der Waals surface area contributed by atoms with Crippen molar-refractivity contribution in [3.8, 4) is 0 Å². The Bertz CT molecular complexity index is 595. The third-order valence-corrected chi connectivity index (χ3v) is 2.66. The molecule has 2 heterocycles. The first-order chi connectivity index (χ1) is 9.68. The van der Waals surface area contributed by atoms with Crippen molar-refractivity contribution in [1.82, 2.24) is 20.1 Å². The quantitative estimate of drug-likeness (QED) is 0.759. The van der Waals surface area contributed by atoms with E-state index in [9.17, 15) is 9.59 Å². The fourth-order valence-corrected chi connectivity index (χ4v) is 1.72. The average molecular weight is 274 g/mol. The van der Waals surface area contributed by atoms with Gasteiger partial charge in [-0.05, 0) is 24.6 Å². The molecular formula is C13H14N4O3. The third kappa shape index (κ3) is 3.41. The lowest BCUT2D eigenvalue weighted by atomic mass is 10.2. The van der Waals surface area contributed by atoms with Gasteiger partial charge < -0.3 is 10.4 Å². The zero-order chi connectivity index (χ0) is 14.4. The Kier molecular flexibility index (Phi) is 4.43. The minimum absolute atomic E-state index is 0.0703. The highest BCUT2D eigenvalue weighted by atomic mass is 16.4. The van der Waals surface area contributed by atoms with Gasteiger partial charge in [0.25, 0.3) is 5.91 Å². The maximum atomic E-state index is 11.9. The van der Waals surface area contributed by atoms with E-state index in [4.69, 9.17) is 5.11 Å². The molecule has 0 saturated heterocycles. The molecule has 2 rings (SSSR count). The van der Waals surface area contributed by atoms with Crippen molar-refractivity contribution in [3.05, 3.63) is 48.0 Å². The van der Waals surface area contributed by atoms with Crippen LogP contribution >= 0.6 is 0 Å². The van der Waals surface area contributed by atoms with Crippen LogP contribution in [-0.4, -0.2) is 38.3 Å². The lowest BCUT2D eigenvalue weighted by Crippen LogP contribution is -2.28. The van der Waals surface area contributed by atoms with Gasteiger partial charge in [-0.25, -0.2) is 4.79 Å². The SMILES string of the molecule is O=C(O)c1cccnc1C(=O)NCCCn1cccn1. The molecule has 0 bridgehead atoms. The molecule has 0 fully saturated rings. The van der Waals surface area contributed by atoms with Crippen LogP contribution in [-0.2, 0) is 6.54 Å². The number of carbonyl (C=O) groups is 2. The van der Waals surface area contributed by atoms with Crippen molar-refractivity contribution in [2.45, 2.75) is 13.0 Å². The number of carboxylic acid groups (broad SMARTS) is 1.